The van der Waals surface area contributed by atoms with Crippen LogP contribution < -0.4 is 10.1 Å². The fourth-order valence-corrected chi connectivity index (χ4v) is 3.33. The van der Waals surface area contributed by atoms with Gasteiger partial charge in [0.1, 0.15) is 11.4 Å². The summed E-state index contributed by atoms with van der Waals surface area (Å²) in [6, 6.07) is 13.4. The lowest BCUT2D eigenvalue weighted by molar-refractivity contribution is -0.113. The largest absolute Gasteiger partial charge is 0.492 e. The Labute approximate surface area is 162 Å². The molecule has 3 rings (SSSR count). The number of anilines is 1. The summed E-state index contributed by atoms with van der Waals surface area (Å²) < 4.78 is 7.23. The first-order valence-electron chi connectivity index (χ1n) is 8.59. The van der Waals surface area contributed by atoms with Crippen molar-refractivity contribution in [1.82, 2.24) is 20.2 Å². The molecule has 1 heterocycles. The zero-order valence-corrected chi connectivity index (χ0v) is 16.3. The predicted octanol–water partition coefficient (Wildman–Crippen LogP) is 3.41. The topological polar surface area (TPSA) is 81.9 Å². The van der Waals surface area contributed by atoms with Gasteiger partial charge in [0.05, 0.1) is 12.4 Å². The second-order valence-corrected chi connectivity index (χ2v) is 6.82. The summed E-state index contributed by atoms with van der Waals surface area (Å²) in [6.45, 7) is 6.41. The van der Waals surface area contributed by atoms with E-state index < -0.39 is 0 Å². The lowest BCUT2D eigenvalue weighted by Gasteiger charge is -2.12. The molecule has 0 unspecified atom stereocenters. The Bertz CT molecular complexity index is 921. The molecule has 0 spiro atoms. The van der Waals surface area contributed by atoms with Gasteiger partial charge in [-0.25, -0.2) is 0 Å². The monoisotopic (exact) mass is 383 g/mol. The quantitative estimate of drug-likeness (QED) is 0.630. The smallest absolute Gasteiger partial charge is 0.234 e. The van der Waals surface area contributed by atoms with Crippen LogP contribution >= 0.6 is 11.8 Å². The highest BCUT2D eigenvalue weighted by atomic mass is 32.2. The maximum absolute atomic E-state index is 12.4. The lowest BCUT2D eigenvalue weighted by Crippen LogP contribution is -2.16. The highest BCUT2D eigenvalue weighted by molar-refractivity contribution is 7.99. The van der Waals surface area contributed by atoms with Crippen molar-refractivity contribution in [3.8, 4) is 11.4 Å². The van der Waals surface area contributed by atoms with Crippen molar-refractivity contribution in [3.05, 3.63) is 53.6 Å². The van der Waals surface area contributed by atoms with Crippen molar-refractivity contribution < 1.29 is 9.53 Å². The summed E-state index contributed by atoms with van der Waals surface area (Å²) in [5.41, 5.74) is 3.65. The van der Waals surface area contributed by atoms with E-state index in [0.717, 1.165) is 22.5 Å². The van der Waals surface area contributed by atoms with E-state index in [0.29, 0.717) is 17.5 Å². The normalized spacial score (nSPS) is 10.6. The number of thioether (sulfide) groups is 1. The number of carbonyl (C=O) groups is 1. The van der Waals surface area contributed by atoms with E-state index in [1.807, 2.05) is 63.2 Å². The minimum atomic E-state index is -0.106. The van der Waals surface area contributed by atoms with Crippen molar-refractivity contribution in [2.24, 2.45) is 0 Å². The molecule has 2 aromatic carbocycles. The molecular weight excluding hydrogens is 362 g/mol. The van der Waals surface area contributed by atoms with Crippen LogP contribution in [-0.2, 0) is 4.79 Å². The van der Waals surface area contributed by atoms with Gasteiger partial charge in [-0.15, -0.1) is 5.10 Å². The molecule has 27 heavy (non-hydrogen) atoms. The van der Waals surface area contributed by atoms with E-state index in [1.165, 1.54) is 11.8 Å². The highest BCUT2D eigenvalue weighted by Crippen LogP contribution is 2.26. The lowest BCUT2D eigenvalue weighted by atomic mass is 10.1. The summed E-state index contributed by atoms with van der Waals surface area (Å²) in [4.78, 5) is 12.4. The zero-order valence-electron chi connectivity index (χ0n) is 15.5. The van der Waals surface area contributed by atoms with Crippen LogP contribution in [0.25, 0.3) is 5.69 Å². The third-order valence-electron chi connectivity index (χ3n) is 3.91. The number of rotatable bonds is 7. The van der Waals surface area contributed by atoms with Crippen LogP contribution in [-0.4, -0.2) is 38.5 Å². The van der Waals surface area contributed by atoms with Crippen molar-refractivity contribution >= 4 is 23.4 Å². The average molecular weight is 383 g/mol. The van der Waals surface area contributed by atoms with Crippen LogP contribution in [0.3, 0.4) is 0 Å². The third-order valence-corrected chi connectivity index (χ3v) is 4.83. The van der Waals surface area contributed by atoms with Gasteiger partial charge in [-0.1, -0.05) is 42.1 Å². The Kier molecular flexibility index (Phi) is 6.08. The van der Waals surface area contributed by atoms with Crippen LogP contribution in [0.1, 0.15) is 18.1 Å². The highest BCUT2D eigenvalue weighted by Gasteiger charge is 2.15. The first-order chi connectivity index (χ1) is 13.1. The van der Waals surface area contributed by atoms with Crippen molar-refractivity contribution in [1.29, 1.82) is 0 Å². The van der Waals surface area contributed by atoms with Crippen molar-refractivity contribution in [2.75, 3.05) is 17.7 Å². The summed E-state index contributed by atoms with van der Waals surface area (Å²) in [6.07, 6.45) is 0. The maximum Gasteiger partial charge on any atom is 0.234 e. The van der Waals surface area contributed by atoms with Gasteiger partial charge in [0.25, 0.3) is 0 Å². The summed E-state index contributed by atoms with van der Waals surface area (Å²) >= 11 is 1.27. The number of benzene rings is 2. The molecule has 0 saturated heterocycles. The molecular formula is C19H21N5O2S. The van der Waals surface area contributed by atoms with Gasteiger partial charge >= 0.3 is 0 Å². The summed E-state index contributed by atoms with van der Waals surface area (Å²) in [5.74, 6) is 0.782. The van der Waals surface area contributed by atoms with Gasteiger partial charge < -0.3 is 10.1 Å². The number of aromatic nitrogens is 4. The molecule has 0 aliphatic heterocycles. The number of tetrazole rings is 1. The fourth-order valence-electron chi connectivity index (χ4n) is 2.65. The van der Waals surface area contributed by atoms with Gasteiger partial charge in [0.15, 0.2) is 0 Å². The molecule has 0 aliphatic rings. The molecule has 0 saturated carbocycles. The second-order valence-electron chi connectivity index (χ2n) is 5.88. The third kappa shape index (κ3) is 4.46. The number of hydrogen-bond donors (Lipinski definition) is 1. The number of ether oxygens (including phenoxy) is 1. The number of nitrogens with zero attached hydrogens (tertiary/aromatic N) is 4. The molecule has 1 amide bonds. The predicted molar refractivity (Wildman–Crippen MR) is 106 cm³/mol. The SMILES string of the molecule is CCOc1ccccc1-n1nnnc1SCC(=O)Nc1c(C)cccc1C. The molecule has 1 N–H and O–H groups in total. The molecule has 0 bridgehead atoms. The zero-order chi connectivity index (χ0) is 19.2. The average Bonchev–Trinajstić information content (AvgIpc) is 3.12. The number of para-hydroxylation sites is 3. The second kappa shape index (κ2) is 8.68. The number of hydrogen-bond acceptors (Lipinski definition) is 6. The minimum absolute atomic E-state index is 0.106. The van der Waals surface area contributed by atoms with Gasteiger partial charge in [-0.2, -0.15) is 4.68 Å². The molecule has 3 aromatic rings. The summed E-state index contributed by atoms with van der Waals surface area (Å²) in [7, 11) is 0. The van der Waals surface area contributed by atoms with Crippen LogP contribution in [0, 0.1) is 13.8 Å². The van der Waals surface area contributed by atoms with E-state index in [2.05, 4.69) is 20.8 Å². The van der Waals surface area contributed by atoms with E-state index in [-0.39, 0.29) is 11.7 Å². The number of carbonyl (C=O) groups excluding carboxylic acids is 1. The van der Waals surface area contributed by atoms with E-state index >= 15 is 0 Å². The Morgan fingerprint density at radius 2 is 1.89 bits per heavy atom. The first-order valence-corrected chi connectivity index (χ1v) is 9.58. The van der Waals surface area contributed by atoms with Crippen LogP contribution in [0.15, 0.2) is 47.6 Å². The van der Waals surface area contributed by atoms with Gasteiger partial charge in [-0.05, 0) is 54.5 Å². The molecule has 7 nitrogen and oxygen atoms in total. The number of nitrogens with one attached hydrogen (secondary N) is 1. The molecule has 0 aliphatic carbocycles. The standard InChI is InChI=1S/C19H21N5O2S/c1-4-26-16-11-6-5-10-15(16)24-19(21-22-23-24)27-12-17(25)20-18-13(2)8-7-9-14(18)3/h5-11H,4,12H2,1-3H3,(H,20,25). The number of amides is 1. The van der Waals surface area contributed by atoms with E-state index in [4.69, 9.17) is 4.74 Å². The Hall–Kier alpha value is -2.87. The molecule has 0 atom stereocenters. The molecule has 8 heteroatoms. The molecule has 0 fully saturated rings. The van der Waals surface area contributed by atoms with Gasteiger partial charge in [-0.3, -0.25) is 4.79 Å². The van der Waals surface area contributed by atoms with E-state index in [9.17, 15) is 4.79 Å². The van der Waals surface area contributed by atoms with Gasteiger partial charge in [0.2, 0.25) is 11.1 Å². The van der Waals surface area contributed by atoms with E-state index in [1.54, 1.807) is 4.68 Å². The Morgan fingerprint density at radius 1 is 1.15 bits per heavy atom. The Morgan fingerprint density at radius 3 is 2.63 bits per heavy atom. The number of aryl methyl sites for hydroxylation is 2. The molecule has 1 aromatic heterocycles. The minimum Gasteiger partial charge on any atom is -0.492 e. The van der Waals surface area contributed by atoms with Crippen LogP contribution in [0.5, 0.6) is 5.75 Å². The summed E-state index contributed by atoms with van der Waals surface area (Å²) in [5, 5.41) is 15.3. The molecule has 140 valence electrons. The van der Waals surface area contributed by atoms with Crippen LogP contribution in [0.4, 0.5) is 5.69 Å². The Balaban J connectivity index is 1.72. The van der Waals surface area contributed by atoms with Gasteiger partial charge in [0, 0.05) is 5.69 Å². The first kappa shape index (κ1) is 18.9. The fraction of sp³-hybridized carbons (Fsp3) is 0.263. The maximum atomic E-state index is 12.4. The van der Waals surface area contributed by atoms with Crippen molar-refractivity contribution in [2.45, 2.75) is 25.9 Å². The molecule has 0 radical (unpaired) electrons. The van der Waals surface area contributed by atoms with Crippen molar-refractivity contribution in [3.63, 3.8) is 0 Å². The van der Waals surface area contributed by atoms with Crippen LogP contribution in [0.2, 0.25) is 0 Å².